The first-order chi connectivity index (χ1) is 8.42. The Kier molecular flexibility index (Phi) is 1.64. The Bertz CT molecular complexity index is 777. The molecule has 2 aromatic rings. The molecule has 1 aliphatic carbocycles. The molecule has 17 heavy (non-hydrogen) atoms. The van der Waals surface area contributed by atoms with Crippen molar-refractivity contribution in [3.63, 3.8) is 0 Å². The maximum atomic E-state index is 5.58. The first-order valence-electron chi connectivity index (χ1n) is 5.74. The summed E-state index contributed by atoms with van der Waals surface area (Å²) >= 11 is 0. The SMILES string of the molecule is C1=COC2C=c3[nH]c4ccccc4c3=CC2=C1. The molecule has 0 radical (unpaired) electrons. The second-order valence-corrected chi connectivity index (χ2v) is 4.36. The minimum absolute atomic E-state index is 0.0561. The van der Waals surface area contributed by atoms with Gasteiger partial charge < -0.3 is 9.72 Å². The van der Waals surface area contributed by atoms with Crippen LogP contribution in [0.3, 0.4) is 0 Å². The van der Waals surface area contributed by atoms with Crippen LogP contribution >= 0.6 is 0 Å². The summed E-state index contributed by atoms with van der Waals surface area (Å²) in [6, 6.07) is 8.37. The molecule has 0 bridgehead atoms. The smallest absolute Gasteiger partial charge is 0.143 e. The third kappa shape index (κ3) is 1.21. The van der Waals surface area contributed by atoms with Gasteiger partial charge in [-0.2, -0.15) is 0 Å². The number of ether oxygens (including phenoxy) is 1. The second kappa shape index (κ2) is 3.14. The summed E-state index contributed by atoms with van der Waals surface area (Å²) in [6.45, 7) is 0. The standard InChI is InChI=1S/C15H11NO/c1-2-6-13-11(5-1)12-8-10-4-3-7-17-15(10)9-14(12)16-13/h1-9,15-16H. The number of allylic oxidation sites excluding steroid dienone is 2. The molecule has 1 atom stereocenters. The number of nitrogens with one attached hydrogen (secondary N) is 1. The van der Waals surface area contributed by atoms with Crippen molar-refractivity contribution < 1.29 is 4.74 Å². The van der Waals surface area contributed by atoms with Crippen LogP contribution in [0.1, 0.15) is 0 Å². The van der Waals surface area contributed by atoms with E-state index in [-0.39, 0.29) is 6.10 Å². The summed E-state index contributed by atoms with van der Waals surface area (Å²) in [5.74, 6) is 0. The van der Waals surface area contributed by atoms with E-state index in [1.165, 1.54) is 21.7 Å². The Morgan fingerprint density at radius 2 is 2.12 bits per heavy atom. The molecule has 0 spiro atoms. The molecule has 1 aliphatic heterocycles. The zero-order chi connectivity index (χ0) is 11.2. The van der Waals surface area contributed by atoms with Gasteiger partial charge in [-0.25, -0.2) is 0 Å². The highest BCUT2D eigenvalue weighted by Crippen LogP contribution is 2.18. The quantitative estimate of drug-likeness (QED) is 0.718. The number of aromatic nitrogens is 1. The molecule has 0 saturated carbocycles. The number of aromatic amines is 1. The highest BCUT2D eigenvalue weighted by atomic mass is 16.5. The van der Waals surface area contributed by atoms with E-state index in [0.29, 0.717) is 0 Å². The highest BCUT2D eigenvalue weighted by Gasteiger charge is 2.16. The summed E-state index contributed by atoms with van der Waals surface area (Å²) in [6.07, 6.45) is 10.2. The molecule has 1 unspecified atom stereocenters. The van der Waals surface area contributed by atoms with Crippen molar-refractivity contribution in [2.45, 2.75) is 6.10 Å². The van der Waals surface area contributed by atoms with Crippen molar-refractivity contribution in [3.05, 3.63) is 58.8 Å². The number of hydrogen-bond acceptors (Lipinski definition) is 1. The lowest BCUT2D eigenvalue weighted by Gasteiger charge is -2.18. The highest BCUT2D eigenvalue weighted by molar-refractivity contribution is 5.83. The monoisotopic (exact) mass is 221 g/mol. The summed E-state index contributed by atoms with van der Waals surface area (Å²) in [5.41, 5.74) is 2.39. The van der Waals surface area contributed by atoms with E-state index in [2.05, 4.69) is 47.5 Å². The van der Waals surface area contributed by atoms with Crippen molar-refractivity contribution in [1.29, 1.82) is 0 Å². The van der Waals surface area contributed by atoms with Gasteiger partial charge in [-0.15, -0.1) is 0 Å². The topological polar surface area (TPSA) is 25.0 Å². The second-order valence-electron chi connectivity index (χ2n) is 4.36. The molecule has 2 heterocycles. The lowest BCUT2D eigenvalue weighted by Crippen LogP contribution is -2.31. The van der Waals surface area contributed by atoms with Crippen LogP contribution in [-0.2, 0) is 4.74 Å². The average Bonchev–Trinajstić information content (AvgIpc) is 2.73. The summed E-state index contributed by atoms with van der Waals surface area (Å²) in [7, 11) is 0. The van der Waals surface area contributed by atoms with Crippen LogP contribution in [0, 0.1) is 0 Å². The Morgan fingerprint density at radius 3 is 3.12 bits per heavy atom. The first kappa shape index (κ1) is 8.88. The molecular formula is C15H11NO. The fraction of sp³-hybridized carbons (Fsp3) is 0.0667. The van der Waals surface area contributed by atoms with Crippen molar-refractivity contribution in [2.24, 2.45) is 0 Å². The fourth-order valence-electron chi connectivity index (χ4n) is 2.51. The van der Waals surface area contributed by atoms with Gasteiger partial charge in [0.1, 0.15) is 6.10 Å². The van der Waals surface area contributed by atoms with Crippen molar-refractivity contribution in [2.75, 3.05) is 0 Å². The van der Waals surface area contributed by atoms with Gasteiger partial charge in [-0.1, -0.05) is 24.3 Å². The first-order valence-corrected chi connectivity index (χ1v) is 5.74. The maximum absolute atomic E-state index is 5.58. The maximum Gasteiger partial charge on any atom is 0.143 e. The Balaban J connectivity index is 2.14. The van der Waals surface area contributed by atoms with Gasteiger partial charge in [0.05, 0.1) is 6.26 Å². The van der Waals surface area contributed by atoms with E-state index in [0.717, 1.165) is 5.35 Å². The number of hydrogen-bond donors (Lipinski definition) is 1. The predicted molar refractivity (Wildman–Crippen MR) is 68.6 cm³/mol. The third-order valence-electron chi connectivity index (χ3n) is 3.33. The van der Waals surface area contributed by atoms with Gasteiger partial charge in [0.15, 0.2) is 0 Å². The molecule has 0 fully saturated rings. The van der Waals surface area contributed by atoms with Gasteiger partial charge >= 0.3 is 0 Å². The fourth-order valence-corrected chi connectivity index (χ4v) is 2.51. The van der Waals surface area contributed by atoms with Crippen LogP contribution in [0.2, 0.25) is 0 Å². The predicted octanol–water partition coefficient (Wildman–Crippen LogP) is 1.58. The van der Waals surface area contributed by atoms with Gasteiger partial charge in [0.2, 0.25) is 0 Å². The summed E-state index contributed by atoms with van der Waals surface area (Å²) < 4.78 is 5.58. The molecule has 2 aliphatic rings. The molecule has 1 aromatic heterocycles. The van der Waals surface area contributed by atoms with E-state index in [4.69, 9.17) is 4.74 Å². The number of rotatable bonds is 0. The minimum atomic E-state index is 0.0561. The largest absolute Gasteiger partial charge is 0.489 e. The number of H-pyrrole nitrogens is 1. The van der Waals surface area contributed by atoms with Crippen LogP contribution in [0.5, 0.6) is 0 Å². The van der Waals surface area contributed by atoms with Crippen molar-refractivity contribution in [3.8, 4) is 0 Å². The normalized spacial score (nSPS) is 20.7. The van der Waals surface area contributed by atoms with E-state index >= 15 is 0 Å². The Hall–Kier alpha value is -2.22. The van der Waals surface area contributed by atoms with E-state index < -0.39 is 0 Å². The summed E-state index contributed by atoms with van der Waals surface area (Å²) in [5, 5.41) is 3.69. The Morgan fingerprint density at radius 1 is 1.18 bits per heavy atom. The summed E-state index contributed by atoms with van der Waals surface area (Å²) in [4.78, 5) is 3.43. The number of fused-ring (bicyclic) bond motifs is 4. The molecule has 0 saturated heterocycles. The lowest BCUT2D eigenvalue weighted by atomic mass is 10.0. The van der Waals surface area contributed by atoms with Gasteiger partial charge in [0.25, 0.3) is 0 Å². The molecule has 1 aromatic carbocycles. The van der Waals surface area contributed by atoms with Crippen LogP contribution in [-0.4, -0.2) is 11.1 Å². The lowest BCUT2D eigenvalue weighted by molar-refractivity contribution is 0.229. The Labute approximate surface area is 98.2 Å². The number of benzene rings is 1. The molecule has 2 heteroatoms. The molecule has 1 N–H and O–H groups in total. The molecule has 2 nitrogen and oxygen atoms in total. The minimum Gasteiger partial charge on any atom is -0.489 e. The average molecular weight is 221 g/mol. The van der Waals surface area contributed by atoms with Gasteiger partial charge in [-0.3, -0.25) is 0 Å². The van der Waals surface area contributed by atoms with E-state index in [1.807, 2.05) is 6.08 Å². The van der Waals surface area contributed by atoms with Crippen LogP contribution < -0.4 is 10.6 Å². The van der Waals surface area contributed by atoms with Crippen LogP contribution in [0.15, 0.2) is 48.3 Å². The van der Waals surface area contributed by atoms with Crippen molar-refractivity contribution in [1.82, 2.24) is 4.98 Å². The van der Waals surface area contributed by atoms with Gasteiger partial charge in [-0.05, 0) is 29.9 Å². The molecule has 82 valence electrons. The van der Waals surface area contributed by atoms with Crippen LogP contribution in [0.4, 0.5) is 0 Å². The van der Waals surface area contributed by atoms with E-state index in [9.17, 15) is 0 Å². The zero-order valence-corrected chi connectivity index (χ0v) is 9.18. The van der Waals surface area contributed by atoms with Crippen molar-refractivity contribution >= 4 is 23.1 Å². The van der Waals surface area contributed by atoms with Crippen LogP contribution in [0.25, 0.3) is 23.1 Å². The van der Waals surface area contributed by atoms with E-state index in [1.54, 1.807) is 6.26 Å². The number of para-hydroxylation sites is 1. The zero-order valence-electron chi connectivity index (χ0n) is 9.18. The van der Waals surface area contributed by atoms with Gasteiger partial charge in [0, 0.05) is 21.5 Å². The molecule has 0 amide bonds. The molecular weight excluding hydrogens is 210 g/mol. The third-order valence-corrected chi connectivity index (χ3v) is 3.33. The molecule has 4 rings (SSSR count).